The SMILES string of the molecule is C[C@H]1CC(=O)Nc2cc(S(=O)(=O)N3CCN(c4ccccn4)CC3)ccc2S1. The third kappa shape index (κ3) is 3.87. The molecule has 0 unspecified atom stereocenters. The molecule has 0 bridgehead atoms. The van der Waals surface area contributed by atoms with Crippen LogP contribution in [-0.2, 0) is 14.8 Å². The van der Waals surface area contributed by atoms with Gasteiger partial charge in [-0.25, -0.2) is 13.4 Å². The van der Waals surface area contributed by atoms with Gasteiger partial charge in [-0.2, -0.15) is 4.31 Å². The van der Waals surface area contributed by atoms with Crippen molar-refractivity contribution in [2.45, 2.75) is 28.4 Å². The summed E-state index contributed by atoms with van der Waals surface area (Å²) in [5.41, 5.74) is 0.576. The maximum absolute atomic E-state index is 13.1. The van der Waals surface area contributed by atoms with E-state index in [1.807, 2.05) is 25.1 Å². The van der Waals surface area contributed by atoms with E-state index in [0.29, 0.717) is 38.3 Å². The number of thioether (sulfide) groups is 1. The molecule has 2 aromatic rings. The summed E-state index contributed by atoms with van der Waals surface area (Å²) in [4.78, 5) is 19.5. The minimum absolute atomic E-state index is 0.0859. The van der Waals surface area contributed by atoms with Crippen LogP contribution in [0.3, 0.4) is 0 Å². The molecule has 28 heavy (non-hydrogen) atoms. The van der Waals surface area contributed by atoms with Gasteiger partial charge in [0.05, 0.1) is 10.6 Å². The number of benzene rings is 1. The van der Waals surface area contributed by atoms with Crippen molar-refractivity contribution >= 4 is 39.2 Å². The van der Waals surface area contributed by atoms with E-state index < -0.39 is 10.0 Å². The summed E-state index contributed by atoms with van der Waals surface area (Å²) in [5, 5.41) is 2.99. The van der Waals surface area contributed by atoms with Crippen LogP contribution in [0.25, 0.3) is 0 Å². The smallest absolute Gasteiger partial charge is 0.243 e. The standard InChI is InChI=1S/C19H22N4O3S2/c1-14-12-19(24)21-16-13-15(5-6-17(16)27-14)28(25,26)23-10-8-22(9-11-23)18-4-2-3-7-20-18/h2-7,13-14H,8-12H2,1H3,(H,21,24)/t14-/m0/s1. The maximum Gasteiger partial charge on any atom is 0.243 e. The van der Waals surface area contributed by atoms with Crippen molar-refractivity contribution in [3.63, 3.8) is 0 Å². The number of amides is 1. The number of sulfonamides is 1. The minimum atomic E-state index is -3.62. The fourth-order valence-corrected chi connectivity index (χ4v) is 5.94. The molecule has 1 amide bonds. The first-order chi connectivity index (χ1) is 13.4. The second-order valence-corrected chi connectivity index (χ2v) is 10.3. The number of piperazine rings is 1. The first-order valence-electron chi connectivity index (χ1n) is 9.20. The van der Waals surface area contributed by atoms with Gasteiger partial charge in [-0.1, -0.05) is 13.0 Å². The van der Waals surface area contributed by atoms with Crippen LogP contribution in [0.1, 0.15) is 13.3 Å². The van der Waals surface area contributed by atoms with Crippen LogP contribution >= 0.6 is 11.8 Å². The van der Waals surface area contributed by atoms with Gasteiger partial charge in [-0.3, -0.25) is 4.79 Å². The van der Waals surface area contributed by atoms with Gasteiger partial charge in [-0.05, 0) is 30.3 Å². The van der Waals surface area contributed by atoms with Gasteiger partial charge < -0.3 is 10.2 Å². The highest BCUT2D eigenvalue weighted by atomic mass is 32.2. The number of carbonyl (C=O) groups is 1. The average molecular weight is 419 g/mol. The van der Waals surface area contributed by atoms with Crippen molar-refractivity contribution in [1.29, 1.82) is 0 Å². The fraction of sp³-hybridized carbons (Fsp3) is 0.368. The number of anilines is 2. The van der Waals surface area contributed by atoms with Crippen molar-refractivity contribution in [2.24, 2.45) is 0 Å². The summed E-state index contributed by atoms with van der Waals surface area (Å²) in [6, 6.07) is 10.7. The highest BCUT2D eigenvalue weighted by Crippen LogP contribution is 2.36. The zero-order valence-corrected chi connectivity index (χ0v) is 17.2. The predicted molar refractivity (Wildman–Crippen MR) is 110 cm³/mol. The van der Waals surface area contributed by atoms with Crippen LogP contribution in [0, 0.1) is 0 Å². The number of nitrogens with zero attached hydrogens (tertiary/aromatic N) is 3. The van der Waals surface area contributed by atoms with E-state index in [2.05, 4.69) is 15.2 Å². The van der Waals surface area contributed by atoms with Crippen LogP contribution in [0.4, 0.5) is 11.5 Å². The van der Waals surface area contributed by atoms with E-state index in [1.54, 1.807) is 36.2 Å². The second kappa shape index (κ2) is 7.73. The monoisotopic (exact) mass is 418 g/mol. The molecule has 1 aromatic carbocycles. The molecular formula is C19H22N4O3S2. The number of pyridine rings is 1. The Morgan fingerprint density at radius 1 is 1.14 bits per heavy atom. The molecule has 4 rings (SSSR count). The second-order valence-electron chi connectivity index (χ2n) is 6.92. The number of fused-ring (bicyclic) bond motifs is 1. The van der Waals surface area contributed by atoms with Crippen molar-refractivity contribution in [3.05, 3.63) is 42.6 Å². The molecule has 0 spiro atoms. The van der Waals surface area contributed by atoms with Gasteiger partial charge in [0, 0.05) is 48.9 Å². The molecule has 1 saturated heterocycles. The Morgan fingerprint density at radius 3 is 2.64 bits per heavy atom. The number of rotatable bonds is 3. The van der Waals surface area contributed by atoms with Crippen molar-refractivity contribution in [2.75, 3.05) is 36.4 Å². The molecule has 9 heteroatoms. The number of hydrogen-bond acceptors (Lipinski definition) is 6. The highest BCUT2D eigenvalue weighted by Gasteiger charge is 2.30. The normalized spacial score (nSPS) is 21.0. The van der Waals surface area contributed by atoms with Crippen molar-refractivity contribution in [3.8, 4) is 0 Å². The number of hydrogen-bond donors (Lipinski definition) is 1. The summed E-state index contributed by atoms with van der Waals surface area (Å²) >= 11 is 1.58. The molecule has 1 fully saturated rings. The summed E-state index contributed by atoms with van der Waals surface area (Å²) in [6.07, 6.45) is 2.15. The molecule has 148 valence electrons. The van der Waals surface area contributed by atoms with Gasteiger partial charge in [0.2, 0.25) is 15.9 Å². The lowest BCUT2D eigenvalue weighted by atomic mass is 10.3. The van der Waals surface area contributed by atoms with Crippen LogP contribution in [-0.4, -0.2) is 55.0 Å². The molecule has 2 aliphatic rings. The molecule has 2 aliphatic heterocycles. The van der Waals surface area contributed by atoms with Gasteiger partial charge in [0.15, 0.2) is 0 Å². The number of aromatic nitrogens is 1. The molecule has 1 N–H and O–H groups in total. The highest BCUT2D eigenvalue weighted by molar-refractivity contribution is 8.00. The van der Waals surface area contributed by atoms with Gasteiger partial charge in [0.25, 0.3) is 0 Å². The fourth-order valence-electron chi connectivity index (χ4n) is 3.44. The third-order valence-electron chi connectivity index (χ3n) is 4.88. The Hall–Kier alpha value is -2.10. The third-order valence-corrected chi connectivity index (χ3v) is 7.95. The van der Waals surface area contributed by atoms with E-state index >= 15 is 0 Å². The van der Waals surface area contributed by atoms with E-state index in [4.69, 9.17) is 0 Å². The predicted octanol–water partition coefficient (Wildman–Crippen LogP) is 2.42. The lowest BCUT2D eigenvalue weighted by molar-refractivity contribution is -0.116. The largest absolute Gasteiger partial charge is 0.354 e. The van der Waals surface area contributed by atoms with Gasteiger partial charge in [-0.15, -0.1) is 11.8 Å². The van der Waals surface area contributed by atoms with Crippen LogP contribution in [0.5, 0.6) is 0 Å². The molecule has 3 heterocycles. The van der Waals surface area contributed by atoms with E-state index in [0.717, 1.165) is 10.7 Å². The first kappa shape index (κ1) is 19.2. The Labute approximate surface area is 169 Å². The summed E-state index contributed by atoms with van der Waals surface area (Å²) in [6.45, 7) is 3.96. The molecule has 0 saturated carbocycles. The zero-order valence-electron chi connectivity index (χ0n) is 15.5. The van der Waals surface area contributed by atoms with E-state index in [9.17, 15) is 13.2 Å². The van der Waals surface area contributed by atoms with Crippen LogP contribution in [0.15, 0.2) is 52.4 Å². The lowest BCUT2D eigenvalue weighted by Crippen LogP contribution is -2.48. The number of nitrogens with one attached hydrogen (secondary N) is 1. The molecule has 0 radical (unpaired) electrons. The minimum Gasteiger partial charge on any atom is -0.354 e. The molecule has 0 aliphatic carbocycles. The molecular weight excluding hydrogens is 396 g/mol. The van der Waals surface area contributed by atoms with Gasteiger partial charge >= 0.3 is 0 Å². The van der Waals surface area contributed by atoms with Crippen molar-refractivity contribution < 1.29 is 13.2 Å². The van der Waals surface area contributed by atoms with Gasteiger partial charge in [0.1, 0.15) is 5.82 Å². The molecule has 7 nitrogen and oxygen atoms in total. The van der Waals surface area contributed by atoms with Crippen LogP contribution in [0.2, 0.25) is 0 Å². The first-order valence-corrected chi connectivity index (χ1v) is 11.5. The number of carbonyl (C=O) groups excluding carboxylic acids is 1. The summed E-state index contributed by atoms with van der Waals surface area (Å²) < 4.78 is 27.7. The quantitative estimate of drug-likeness (QED) is 0.824. The Bertz CT molecular complexity index is 974. The maximum atomic E-state index is 13.1. The summed E-state index contributed by atoms with van der Waals surface area (Å²) in [5.74, 6) is 0.774. The summed E-state index contributed by atoms with van der Waals surface area (Å²) in [7, 11) is -3.62. The molecule has 1 atom stereocenters. The Morgan fingerprint density at radius 2 is 1.93 bits per heavy atom. The molecule has 1 aromatic heterocycles. The topological polar surface area (TPSA) is 82.6 Å². The van der Waals surface area contributed by atoms with E-state index in [-0.39, 0.29) is 16.1 Å². The van der Waals surface area contributed by atoms with Crippen molar-refractivity contribution in [1.82, 2.24) is 9.29 Å². The average Bonchev–Trinajstić information content (AvgIpc) is 2.84. The zero-order chi connectivity index (χ0) is 19.7. The van der Waals surface area contributed by atoms with E-state index in [1.165, 1.54) is 4.31 Å². The lowest BCUT2D eigenvalue weighted by Gasteiger charge is -2.34. The van der Waals surface area contributed by atoms with Crippen LogP contribution < -0.4 is 10.2 Å². The Kier molecular flexibility index (Phi) is 5.31. The Balaban J connectivity index is 1.52.